The Morgan fingerprint density at radius 2 is 2.04 bits per heavy atom. The number of carbonyl (C=O) groups excluding carboxylic acids is 1. The highest BCUT2D eigenvalue weighted by Crippen LogP contribution is 2.31. The van der Waals surface area contributed by atoms with Crippen molar-refractivity contribution in [3.05, 3.63) is 78.2 Å². The minimum absolute atomic E-state index is 0.139. The number of para-hydroxylation sites is 1. The molecule has 0 unspecified atom stereocenters. The Hall–Kier alpha value is -3.41. The lowest BCUT2D eigenvalue weighted by atomic mass is 10.1. The van der Waals surface area contributed by atoms with E-state index >= 15 is 0 Å². The Bertz CT molecular complexity index is 899. The van der Waals surface area contributed by atoms with E-state index in [1.165, 1.54) is 0 Å². The van der Waals surface area contributed by atoms with Gasteiger partial charge >= 0.3 is 0 Å². The molecule has 2 heterocycles. The fourth-order valence-corrected chi connectivity index (χ4v) is 2.77. The van der Waals surface area contributed by atoms with Gasteiger partial charge in [0.25, 0.3) is 5.91 Å². The van der Waals surface area contributed by atoms with Crippen LogP contribution in [0.4, 0.5) is 11.5 Å². The first-order valence-corrected chi connectivity index (χ1v) is 7.95. The van der Waals surface area contributed by atoms with Gasteiger partial charge in [0.15, 0.2) is 0 Å². The van der Waals surface area contributed by atoms with E-state index < -0.39 is 0 Å². The molecule has 1 aliphatic rings. The molecule has 0 bridgehead atoms. The van der Waals surface area contributed by atoms with Crippen molar-refractivity contribution in [1.29, 1.82) is 0 Å². The summed E-state index contributed by atoms with van der Waals surface area (Å²) in [5, 5.41) is 6.15. The lowest BCUT2D eigenvalue weighted by Crippen LogP contribution is -2.29. The predicted octanol–water partition coefficient (Wildman–Crippen LogP) is 3.08. The number of nitrogens with one attached hydrogen (secondary N) is 2. The minimum atomic E-state index is -0.145. The highest BCUT2D eigenvalue weighted by atomic mass is 16.5. The predicted molar refractivity (Wildman–Crippen MR) is 93.9 cm³/mol. The lowest BCUT2D eigenvalue weighted by Gasteiger charge is -2.12. The molecule has 0 saturated carbocycles. The largest absolute Gasteiger partial charge is 0.491 e. The van der Waals surface area contributed by atoms with Gasteiger partial charge in [-0.2, -0.15) is 0 Å². The molecule has 6 nitrogen and oxygen atoms in total. The van der Waals surface area contributed by atoms with Crippen molar-refractivity contribution in [1.82, 2.24) is 15.3 Å². The van der Waals surface area contributed by atoms with Crippen LogP contribution in [0.25, 0.3) is 0 Å². The fraction of sp³-hybridized carbons (Fsp3) is 0.105. The van der Waals surface area contributed by atoms with E-state index in [0.717, 1.165) is 17.0 Å². The highest BCUT2D eigenvalue weighted by molar-refractivity contribution is 5.95. The van der Waals surface area contributed by atoms with Gasteiger partial charge in [-0.05, 0) is 24.3 Å². The van der Waals surface area contributed by atoms with Crippen LogP contribution in [0.15, 0.2) is 67.1 Å². The SMILES string of the molecule is O=C(N[C@H]1COc2ccccc21)c1cccc(Nc2cnccn2)c1. The third-order valence-corrected chi connectivity index (χ3v) is 3.97. The normalized spacial score (nSPS) is 15.1. The van der Waals surface area contributed by atoms with Crippen molar-refractivity contribution in [2.75, 3.05) is 11.9 Å². The lowest BCUT2D eigenvalue weighted by molar-refractivity contribution is 0.0930. The minimum Gasteiger partial charge on any atom is -0.491 e. The van der Waals surface area contributed by atoms with E-state index in [9.17, 15) is 4.79 Å². The van der Waals surface area contributed by atoms with E-state index in [0.29, 0.717) is 18.0 Å². The molecule has 6 heteroatoms. The van der Waals surface area contributed by atoms with Gasteiger partial charge in [-0.15, -0.1) is 0 Å². The topological polar surface area (TPSA) is 76.1 Å². The quantitative estimate of drug-likeness (QED) is 0.768. The highest BCUT2D eigenvalue weighted by Gasteiger charge is 2.25. The van der Waals surface area contributed by atoms with Gasteiger partial charge in [-0.25, -0.2) is 4.98 Å². The maximum absolute atomic E-state index is 12.6. The van der Waals surface area contributed by atoms with Gasteiger partial charge in [-0.1, -0.05) is 24.3 Å². The Morgan fingerprint density at radius 1 is 1.12 bits per heavy atom. The molecular formula is C19H16N4O2. The molecular weight excluding hydrogens is 316 g/mol. The van der Waals surface area contributed by atoms with Gasteiger partial charge < -0.3 is 15.4 Å². The van der Waals surface area contributed by atoms with E-state index in [4.69, 9.17) is 4.74 Å². The van der Waals surface area contributed by atoms with Crippen LogP contribution in [0.1, 0.15) is 22.0 Å². The van der Waals surface area contributed by atoms with E-state index in [2.05, 4.69) is 20.6 Å². The second-order valence-corrected chi connectivity index (χ2v) is 5.67. The average Bonchev–Trinajstić information content (AvgIpc) is 3.06. The standard InChI is InChI=1S/C19H16N4O2/c24-19(23-16-12-25-17-7-2-1-6-15(16)17)13-4-3-5-14(10-13)22-18-11-20-8-9-21-18/h1-11,16H,12H2,(H,21,22)(H,23,24)/t16-/m0/s1. The molecule has 0 radical (unpaired) electrons. The third kappa shape index (κ3) is 3.28. The number of benzene rings is 2. The van der Waals surface area contributed by atoms with Crippen LogP contribution in [0.5, 0.6) is 5.75 Å². The smallest absolute Gasteiger partial charge is 0.251 e. The number of nitrogens with zero attached hydrogens (tertiary/aromatic N) is 2. The summed E-state index contributed by atoms with van der Waals surface area (Å²) in [4.78, 5) is 20.8. The number of carbonyl (C=O) groups is 1. The third-order valence-electron chi connectivity index (χ3n) is 3.97. The van der Waals surface area contributed by atoms with Crippen molar-refractivity contribution in [2.24, 2.45) is 0 Å². The summed E-state index contributed by atoms with van der Waals surface area (Å²) in [6, 6.07) is 14.9. The number of fused-ring (bicyclic) bond motifs is 1. The molecule has 1 aliphatic heterocycles. The van der Waals surface area contributed by atoms with Gasteiger partial charge in [0.2, 0.25) is 0 Å². The van der Waals surface area contributed by atoms with Crippen LogP contribution >= 0.6 is 0 Å². The second-order valence-electron chi connectivity index (χ2n) is 5.67. The van der Waals surface area contributed by atoms with E-state index in [1.54, 1.807) is 30.7 Å². The molecule has 1 amide bonds. The summed E-state index contributed by atoms with van der Waals surface area (Å²) in [6.45, 7) is 0.447. The van der Waals surface area contributed by atoms with Crippen LogP contribution in [-0.2, 0) is 0 Å². The number of amides is 1. The molecule has 1 atom stereocenters. The summed E-state index contributed by atoms with van der Waals surface area (Å²) in [5.41, 5.74) is 2.35. The van der Waals surface area contributed by atoms with Crippen LogP contribution in [-0.4, -0.2) is 22.5 Å². The molecule has 1 aromatic heterocycles. The van der Waals surface area contributed by atoms with Gasteiger partial charge in [-0.3, -0.25) is 9.78 Å². The maximum Gasteiger partial charge on any atom is 0.251 e. The number of hydrogen-bond donors (Lipinski definition) is 2. The summed E-state index contributed by atoms with van der Waals surface area (Å²) in [7, 11) is 0. The van der Waals surface area contributed by atoms with Crippen molar-refractivity contribution in [2.45, 2.75) is 6.04 Å². The molecule has 0 fully saturated rings. The van der Waals surface area contributed by atoms with Crippen LogP contribution in [0, 0.1) is 0 Å². The Labute approximate surface area is 144 Å². The number of ether oxygens (including phenoxy) is 1. The zero-order valence-corrected chi connectivity index (χ0v) is 13.3. The first kappa shape index (κ1) is 15.1. The molecule has 4 rings (SSSR count). The zero-order valence-electron chi connectivity index (χ0n) is 13.3. The first-order chi connectivity index (χ1) is 12.3. The Kier molecular flexibility index (Phi) is 4.00. The van der Waals surface area contributed by atoms with Gasteiger partial charge in [0.1, 0.15) is 18.2 Å². The number of rotatable bonds is 4. The number of aromatic nitrogens is 2. The van der Waals surface area contributed by atoms with Crippen LogP contribution in [0.2, 0.25) is 0 Å². The summed E-state index contributed by atoms with van der Waals surface area (Å²) in [5.74, 6) is 1.30. The second kappa shape index (κ2) is 6.60. The molecule has 0 spiro atoms. The van der Waals surface area contributed by atoms with Crippen molar-refractivity contribution in [3.63, 3.8) is 0 Å². The van der Waals surface area contributed by atoms with Crippen molar-refractivity contribution in [3.8, 4) is 5.75 Å². The van der Waals surface area contributed by atoms with Gasteiger partial charge in [0.05, 0.1) is 12.2 Å². The maximum atomic E-state index is 12.6. The molecule has 0 aliphatic carbocycles. The molecule has 2 N–H and O–H groups in total. The monoisotopic (exact) mass is 332 g/mol. The molecule has 3 aromatic rings. The molecule has 124 valence electrons. The Balaban J connectivity index is 1.49. The average molecular weight is 332 g/mol. The van der Waals surface area contributed by atoms with Gasteiger partial charge in [0, 0.05) is 29.2 Å². The molecule has 0 saturated heterocycles. The molecule has 2 aromatic carbocycles. The first-order valence-electron chi connectivity index (χ1n) is 7.95. The summed E-state index contributed by atoms with van der Waals surface area (Å²) >= 11 is 0. The van der Waals surface area contributed by atoms with Crippen LogP contribution < -0.4 is 15.4 Å². The fourth-order valence-electron chi connectivity index (χ4n) is 2.77. The van der Waals surface area contributed by atoms with Crippen molar-refractivity contribution < 1.29 is 9.53 Å². The summed E-state index contributed by atoms with van der Waals surface area (Å²) < 4.78 is 5.61. The Morgan fingerprint density at radius 3 is 2.92 bits per heavy atom. The van der Waals surface area contributed by atoms with Crippen LogP contribution in [0.3, 0.4) is 0 Å². The summed E-state index contributed by atoms with van der Waals surface area (Å²) in [6.07, 6.45) is 4.84. The molecule has 25 heavy (non-hydrogen) atoms. The number of hydrogen-bond acceptors (Lipinski definition) is 5. The number of anilines is 2. The van der Waals surface area contributed by atoms with Crippen molar-refractivity contribution >= 4 is 17.4 Å². The zero-order chi connectivity index (χ0) is 17.1. The van der Waals surface area contributed by atoms with E-state index in [-0.39, 0.29) is 11.9 Å². The van der Waals surface area contributed by atoms with E-state index in [1.807, 2.05) is 36.4 Å².